The summed E-state index contributed by atoms with van der Waals surface area (Å²) >= 11 is 1.80. The number of para-hydroxylation sites is 1. The molecule has 0 fully saturated rings. The van der Waals surface area contributed by atoms with E-state index in [0.717, 1.165) is 23.1 Å². The Labute approximate surface area is 122 Å². The summed E-state index contributed by atoms with van der Waals surface area (Å²) < 4.78 is 0. The first-order valence-corrected chi connectivity index (χ1v) is 7.43. The number of fused-ring (bicyclic) bond motifs is 1. The third-order valence-electron chi connectivity index (χ3n) is 3.08. The van der Waals surface area contributed by atoms with Gasteiger partial charge in [-0.05, 0) is 43.2 Å². The van der Waals surface area contributed by atoms with Crippen LogP contribution in [0.5, 0.6) is 0 Å². The van der Waals surface area contributed by atoms with Crippen LogP contribution in [-0.2, 0) is 6.54 Å². The standard InChI is InChI=1S/C16H17N3S/c1-19(2)10-13-9-12(11-20-13)7-8-16-14-5-3-4-6-15(14)17-18-16/h3-9,11H,10H2,1-2H3,(H,17,18)/b8-7+. The van der Waals surface area contributed by atoms with E-state index in [0.29, 0.717) is 0 Å². The van der Waals surface area contributed by atoms with Crippen LogP contribution >= 0.6 is 11.3 Å². The molecule has 0 bridgehead atoms. The topological polar surface area (TPSA) is 31.9 Å². The highest BCUT2D eigenvalue weighted by atomic mass is 32.1. The Morgan fingerprint density at radius 3 is 2.95 bits per heavy atom. The fourth-order valence-corrected chi connectivity index (χ4v) is 3.14. The second-order valence-electron chi connectivity index (χ2n) is 5.07. The minimum Gasteiger partial charge on any atom is -0.304 e. The number of hydrogen-bond acceptors (Lipinski definition) is 3. The lowest BCUT2D eigenvalue weighted by molar-refractivity contribution is 0.406. The van der Waals surface area contributed by atoms with Crippen molar-refractivity contribution in [2.45, 2.75) is 6.54 Å². The van der Waals surface area contributed by atoms with E-state index >= 15 is 0 Å². The zero-order valence-electron chi connectivity index (χ0n) is 11.6. The Morgan fingerprint density at radius 1 is 1.25 bits per heavy atom. The van der Waals surface area contributed by atoms with Crippen molar-refractivity contribution in [1.29, 1.82) is 0 Å². The molecule has 0 aliphatic carbocycles. The zero-order valence-corrected chi connectivity index (χ0v) is 12.4. The van der Waals surface area contributed by atoms with E-state index in [1.807, 2.05) is 18.2 Å². The van der Waals surface area contributed by atoms with Crippen molar-refractivity contribution >= 4 is 34.4 Å². The van der Waals surface area contributed by atoms with E-state index in [1.165, 1.54) is 10.4 Å². The molecular formula is C16H17N3S. The van der Waals surface area contributed by atoms with Crippen LogP contribution in [0.2, 0.25) is 0 Å². The van der Waals surface area contributed by atoms with Crippen molar-refractivity contribution in [3.63, 3.8) is 0 Å². The molecule has 0 atom stereocenters. The largest absolute Gasteiger partial charge is 0.304 e. The van der Waals surface area contributed by atoms with Gasteiger partial charge in [-0.2, -0.15) is 5.10 Å². The van der Waals surface area contributed by atoms with Gasteiger partial charge in [-0.3, -0.25) is 5.10 Å². The zero-order chi connectivity index (χ0) is 13.9. The van der Waals surface area contributed by atoms with Crippen molar-refractivity contribution in [1.82, 2.24) is 15.1 Å². The maximum atomic E-state index is 4.35. The second kappa shape index (κ2) is 5.61. The molecule has 3 rings (SSSR count). The van der Waals surface area contributed by atoms with Crippen LogP contribution in [0.25, 0.3) is 23.1 Å². The van der Waals surface area contributed by atoms with E-state index < -0.39 is 0 Å². The summed E-state index contributed by atoms with van der Waals surface area (Å²) in [5.41, 5.74) is 3.30. The molecule has 0 amide bonds. The van der Waals surface area contributed by atoms with Crippen LogP contribution in [0.15, 0.2) is 35.7 Å². The summed E-state index contributed by atoms with van der Waals surface area (Å²) in [7, 11) is 4.18. The molecule has 3 aromatic rings. The predicted molar refractivity (Wildman–Crippen MR) is 86.7 cm³/mol. The van der Waals surface area contributed by atoms with E-state index in [2.05, 4.69) is 58.9 Å². The van der Waals surface area contributed by atoms with Crippen LogP contribution in [-0.4, -0.2) is 29.2 Å². The number of aromatic nitrogens is 2. The molecule has 1 N–H and O–H groups in total. The fraction of sp³-hybridized carbons (Fsp3) is 0.188. The van der Waals surface area contributed by atoms with E-state index in [4.69, 9.17) is 0 Å². The monoisotopic (exact) mass is 283 g/mol. The van der Waals surface area contributed by atoms with E-state index in [1.54, 1.807) is 11.3 Å². The number of hydrogen-bond donors (Lipinski definition) is 1. The molecule has 0 aliphatic rings. The van der Waals surface area contributed by atoms with Crippen molar-refractivity contribution in [3.8, 4) is 0 Å². The van der Waals surface area contributed by atoms with Gasteiger partial charge in [0.1, 0.15) is 0 Å². The minimum absolute atomic E-state index is 0.987. The first-order chi connectivity index (χ1) is 9.72. The summed E-state index contributed by atoms with van der Waals surface area (Å²) in [5.74, 6) is 0. The van der Waals surface area contributed by atoms with Gasteiger partial charge < -0.3 is 4.90 Å². The average Bonchev–Trinajstić information content (AvgIpc) is 3.02. The number of nitrogens with one attached hydrogen (secondary N) is 1. The Bertz CT molecular complexity index is 737. The molecule has 3 nitrogen and oxygen atoms in total. The normalized spacial score (nSPS) is 11.9. The Kier molecular flexibility index (Phi) is 3.67. The molecule has 2 aromatic heterocycles. The summed E-state index contributed by atoms with van der Waals surface area (Å²) in [6.07, 6.45) is 4.19. The Hall–Kier alpha value is -1.91. The molecule has 0 radical (unpaired) electrons. The predicted octanol–water partition coefficient (Wildman–Crippen LogP) is 3.86. The molecule has 4 heteroatoms. The van der Waals surface area contributed by atoms with Gasteiger partial charge in [0, 0.05) is 16.8 Å². The number of H-pyrrole nitrogens is 1. The average molecular weight is 283 g/mol. The van der Waals surface area contributed by atoms with Crippen LogP contribution in [0.4, 0.5) is 0 Å². The molecule has 1 aromatic carbocycles. The minimum atomic E-state index is 0.987. The van der Waals surface area contributed by atoms with Crippen LogP contribution in [0, 0.1) is 0 Å². The third-order valence-corrected chi connectivity index (χ3v) is 4.02. The van der Waals surface area contributed by atoms with Gasteiger partial charge in [0.2, 0.25) is 0 Å². The van der Waals surface area contributed by atoms with Crippen LogP contribution in [0.1, 0.15) is 16.1 Å². The first kappa shape index (κ1) is 13.1. The molecule has 0 saturated carbocycles. The van der Waals surface area contributed by atoms with Gasteiger partial charge in [0.15, 0.2) is 0 Å². The Balaban J connectivity index is 1.81. The number of rotatable bonds is 4. The molecular weight excluding hydrogens is 266 g/mol. The summed E-state index contributed by atoms with van der Waals surface area (Å²) in [5, 5.41) is 10.7. The highest BCUT2D eigenvalue weighted by Crippen LogP contribution is 2.20. The molecule has 20 heavy (non-hydrogen) atoms. The Morgan fingerprint density at radius 2 is 2.10 bits per heavy atom. The third kappa shape index (κ3) is 2.81. The molecule has 102 valence electrons. The van der Waals surface area contributed by atoms with Gasteiger partial charge >= 0.3 is 0 Å². The van der Waals surface area contributed by atoms with Crippen molar-refractivity contribution in [2.75, 3.05) is 14.1 Å². The molecule has 0 aliphatic heterocycles. The van der Waals surface area contributed by atoms with Gasteiger partial charge in [-0.15, -0.1) is 11.3 Å². The van der Waals surface area contributed by atoms with Crippen molar-refractivity contribution < 1.29 is 0 Å². The highest BCUT2D eigenvalue weighted by molar-refractivity contribution is 7.10. The molecule has 2 heterocycles. The maximum Gasteiger partial charge on any atom is 0.0927 e. The second-order valence-corrected chi connectivity index (χ2v) is 6.07. The maximum absolute atomic E-state index is 4.35. The van der Waals surface area contributed by atoms with Crippen LogP contribution < -0.4 is 0 Å². The molecule has 0 saturated heterocycles. The number of benzene rings is 1. The van der Waals surface area contributed by atoms with Gasteiger partial charge in [-0.25, -0.2) is 0 Å². The van der Waals surface area contributed by atoms with Crippen LogP contribution in [0.3, 0.4) is 0 Å². The summed E-state index contributed by atoms with van der Waals surface area (Å²) in [4.78, 5) is 3.56. The lowest BCUT2D eigenvalue weighted by Crippen LogP contribution is -2.09. The summed E-state index contributed by atoms with van der Waals surface area (Å²) in [6.45, 7) is 0.990. The SMILES string of the molecule is CN(C)Cc1cc(/C=C/c2n[nH]c3ccccc23)cs1. The lowest BCUT2D eigenvalue weighted by atomic mass is 10.2. The van der Waals surface area contributed by atoms with Crippen molar-refractivity contribution in [2.24, 2.45) is 0 Å². The molecule has 0 spiro atoms. The van der Waals surface area contributed by atoms with Crippen molar-refractivity contribution in [3.05, 3.63) is 51.8 Å². The number of thiophene rings is 1. The van der Waals surface area contributed by atoms with Gasteiger partial charge in [-0.1, -0.05) is 24.3 Å². The highest BCUT2D eigenvalue weighted by Gasteiger charge is 2.02. The number of aromatic amines is 1. The fourth-order valence-electron chi connectivity index (χ4n) is 2.17. The number of nitrogens with zero attached hydrogens (tertiary/aromatic N) is 2. The quantitative estimate of drug-likeness (QED) is 0.788. The lowest BCUT2D eigenvalue weighted by Gasteiger charge is -2.05. The summed E-state index contributed by atoms with van der Waals surface area (Å²) in [6, 6.07) is 10.4. The van der Waals surface area contributed by atoms with Gasteiger partial charge in [0.05, 0.1) is 11.2 Å². The smallest absolute Gasteiger partial charge is 0.0927 e. The van der Waals surface area contributed by atoms with E-state index in [9.17, 15) is 0 Å². The molecule has 0 unspecified atom stereocenters. The first-order valence-electron chi connectivity index (χ1n) is 6.56. The van der Waals surface area contributed by atoms with Gasteiger partial charge in [0.25, 0.3) is 0 Å². The van der Waals surface area contributed by atoms with E-state index in [-0.39, 0.29) is 0 Å².